The Morgan fingerprint density at radius 1 is 1.17 bits per heavy atom. The smallest absolute Gasteiger partial charge is 0.378 e. The zero-order chi connectivity index (χ0) is 25.3. The Hall–Kier alpha value is -2.85. The van der Waals surface area contributed by atoms with Crippen LogP contribution in [0.15, 0.2) is 36.5 Å². The molecule has 0 unspecified atom stereocenters. The lowest BCUT2D eigenvalue weighted by atomic mass is 9.84. The molecule has 0 radical (unpaired) electrons. The lowest BCUT2D eigenvalue weighted by Gasteiger charge is -2.34. The Kier molecular flexibility index (Phi) is 7.07. The highest BCUT2D eigenvalue weighted by Crippen LogP contribution is 2.40. The van der Waals surface area contributed by atoms with Gasteiger partial charge in [0.2, 0.25) is 5.91 Å². The summed E-state index contributed by atoms with van der Waals surface area (Å²) in [5, 5.41) is 6.10. The van der Waals surface area contributed by atoms with Gasteiger partial charge < -0.3 is 25.2 Å². The van der Waals surface area contributed by atoms with Crippen molar-refractivity contribution in [2.45, 2.75) is 57.4 Å². The minimum atomic E-state index is -4.27. The van der Waals surface area contributed by atoms with Crippen molar-refractivity contribution in [2.75, 3.05) is 41.4 Å². The Morgan fingerprint density at radius 2 is 1.92 bits per heavy atom. The van der Waals surface area contributed by atoms with Crippen LogP contribution in [0.5, 0.6) is 0 Å². The minimum Gasteiger partial charge on any atom is -0.378 e. The number of halogens is 3. The molecule has 3 heterocycles. The molecule has 1 aromatic heterocycles. The molecule has 36 heavy (non-hydrogen) atoms. The second-order valence-electron chi connectivity index (χ2n) is 9.84. The van der Waals surface area contributed by atoms with Crippen molar-refractivity contribution in [3.63, 3.8) is 0 Å². The molecule has 1 amide bonds. The van der Waals surface area contributed by atoms with E-state index in [-0.39, 0.29) is 17.9 Å². The maximum Gasteiger partial charge on any atom is 0.403 e. The maximum atomic E-state index is 13.9. The summed E-state index contributed by atoms with van der Waals surface area (Å²) in [6.07, 6.45) is -0.341. The summed E-state index contributed by atoms with van der Waals surface area (Å²) in [4.78, 5) is 22.5. The van der Waals surface area contributed by atoms with Gasteiger partial charge in [-0.05, 0) is 56.9 Å². The zero-order valence-electron chi connectivity index (χ0n) is 20.4. The van der Waals surface area contributed by atoms with Crippen LogP contribution in [0.25, 0.3) is 0 Å². The molecule has 2 fully saturated rings. The molecular formula is C26H32F3N5O2. The second-order valence-corrected chi connectivity index (χ2v) is 9.84. The highest BCUT2D eigenvalue weighted by atomic mass is 19.4. The summed E-state index contributed by atoms with van der Waals surface area (Å²) in [5.41, 5.74) is 3.56. The summed E-state index contributed by atoms with van der Waals surface area (Å²) in [6, 6.07) is 8.12. The molecule has 2 aromatic rings. The van der Waals surface area contributed by atoms with Crippen LogP contribution in [-0.4, -0.2) is 55.5 Å². The van der Waals surface area contributed by atoms with Crippen LogP contribution in [-0.2, 0) is 16.1 Å². The van der Waals surface area contributed by atoms with E-state index in [1.54, 1.807) is 6.20 Å². The Balaban J connectivity index is 1.37. The zero-order valence-corrected chi connectivity index (χ0v) is 20.4. The summed E-state index contributed by atoms with van der Waals surface area (Å²) in [6.45, 7) is 4.44. The van der Waals surface area contributed by atoms with Gasteiger partial charge in [0.05, 0.1) is 31.1 Å². The topological polar surface area (TPSA) is 69.7 Å². The molecule has 1 saturated heterocycles. The number of anilines is 4. The number of nitrogens with one attached hydrogen (secondary N) is 2. The maximum absolute atomic E-state index is 13.9. The molecule has 1 aliphatic carbocycles. The first-order chi connectivity index (χ1) is 17.3. The van der Waals surface area contributed by atoms with Gasteiger partial charge >= 0.3 is 6.18 Å². The Labute approximate surface area is 209 Å². The van der Waals surface area contributed by atoms with Crippen molar-refractivity contribution < 1.29 is 22.7 Å². The standard InChI is InChI=1S/C26H32F3N5O2/c1-17(26(27,28)29)31-20-6-4-18(5-7-20)25(35)34-16-19-3-2-10-30-24(19)32-22-9-8-21(15-23(22)34)33-11-13-36-14-12-33/h2-3,8-10,15,17-18,20,31H,4-7,11-14,16H2,1H3,(H,30,32)/t17-,18-,20+/m0/s1. The number of ether oxygens (including phenoxy) is 1. The first kappa shape index (κ1) is 24.8. The van der Waals surface area contributed by atoms with E-state index >= 15 is 0 Å². The van der Waals surface area contributed by atoms with Crippen molar-refractivity contribution in [1.82, 2.24) is 10.3 Å². The third-order valence-corrected chi connectivity index (χ3v) is 7.44. The predicted octanol–water partition coefficient (Wildman–Crippen LogP) is 4.61. The van der Waals surface area contributed by atoms with Crippen molar-refractivity contribution in [3.05, 3.63) is 42.1 Å². The predicted molar refractivity (Wildman–Crippen MR) is 133 cm³/mol. The fourth-order valence-electron chi connectivity index (χ4n) is 5.30. The van der Waals surface area contributed by atoms with E-state index in [0.717, 1.165) is 48.5 Å². The fraction of sp³-hybridized carbons (Fsp3) is 0.538. The molecule has 0 spiro atoms. The molecule has 1 atom stereocenters. The number of morpholine rings is 1. The van der Waals surface area contributed by atoms with E-state index in [1.165, 1.54) is 0 Å². The largest absolute Gasteiger partial charge is 0.403 e. The average Bonchev–Trinajstić information content (AvgIpc) is 3.05. The number of carbonyl (C=O) groups is 1. The number of carbonyl (C=O) groups excluding carboxylic acids is 1. The molecule has 1 saturated carbocycles. The van der Waals surface area contributed by atoms with E-state index in [1.807, 2.05) is 29.2 Å². The molecule has 2 aliphatic heterocycles. The average molecular weight is 504 g/mol. The molecule has 2 N–H and O–H groups in total. The number of hydrogen-bond acceptors (Lipinski definition) is 6. The van der Waals surface area contributed by atoms with Gasteiger partial charge in [0.25, 0.3) is 0 Å². The number of pyridine rings is 1. The molecule has 0 bridgehead atoms. The number of alkyl halides is 3. The van der Waals surface area contributed by atoms with Gasteiger partial charge in [0.15, 0.2) is 0 Å². The number of aromatic nitrogens is 1. The van der Waals surface area contributed by atoms with Crippen molar-refractivity contribution in [3.8, 4) is 0 Å². The third-order valence-electron chi connectivity index (χ3n) is 7.44. The van der Waals surface area contributed by atoms with Crippen LogP contribution in [0.3, 0.4) is 0 Å². The lowest BCUT2D eigenvalue weighted by Crippen LogP contribution is -2.47. The number of hydrogen-bond donors (Lipinski definition) is 2. The van der Waals surface area contributed by atoms with Gasteiger partial charge in [-0.3, -0.25) is 4.79 Å². The summed E-state index contributed by atoms with van der Waals surface area (Å²) in [7, 11) is 0. The van der Waals surface area contributed by atoms with Crippen LogP contribution in [0.1, 0.15) is 38.2 Å². The molecule has 5 rings (SSSR count). The van der Waals surface area contributed by atoms with Gasteiger partial charge in [0, 0.05) is 42.5 Å². The van der Waals surface area contributed by atoms with E-state index < -0.39 is 12.2 Å². The number of amides is 1. The quantitative estimate of drug-likeness (QED) is 0.635. The molecular weight excluding hydrogens is 471 g/mol. The molecule has 10 heteroatoms. The first-order valence-corrected chi connectivity index (χ1v) is 12.6. The SMILES string of the molecule is C[C@H](N[C@H]1CC[C@@H](C(=O)N2Cc3cccnc3Nc3ccc(N4CCOCC4)cc32)CC1)C(F)(F)F. The minimum absolute atomic E-state index is 0.0104. The van der Waals surface area contributed by atoms with Crippen LogP contribution in [0, 0.1) is 5.92 Å². The van der Waals surface area contributed by atoms with Crippen LogP contribution in [0.4, 0.5) is 36.1 Å². The summed E-state index contributed by atoms with van der Waals surface area (Å²) < 4.78 is 44.4. The van der Waals surface area contributed by atoms with Crippen molar-refractivity contribution in [2.24, 2.45) is 5.92 Å². The van der Waals surface area contributed by atoms with E-state index in [9.17, 15) is 18.0 Å². The van der Waals surface area contributed by atoms with Gasteiger partial charge in [-0.1, -0.05) is 6.07 Å². The number of nitrogens with zero attached hydrogens (tertiary/aromatic N) is 3. The Bertz CT molecular complexity index is 1080. The monoisotopic (exact) mass is 503 g/mol. The third kappa shape index (κ3) is 5.29. The van der Waals surface area contributed by atoms with Gasteiger partial charge in [-0.25, -0.2) is 4.98 Å². The summed E-state index contributed by atoms with van der Waals surface area (Å²) >= 11 is 0. The van der Waals surface area contributed by atoms with Crippen LogP contribution >= 0.6 is 0 Å². The number of benzene rings is 1. The Morgan fingerprint density at radius 3 is 2.64 bits per heavy atom. The number of rotatable bonds is 4. The molecule has 3 aliphatic rings. The molecule has 7 nitrogen and oxygen atoms in total. The molecule has 1 aromatic carbocycles. The van der Waals surface area contributed by atoms with Crippen molar-refractivity contribution >= 4 is 28.8 Å². The molecule has 194 valence electrons. The second kappa shape index (κ2) is 10.3. The van der Waals surface area contributed by atoms with Gasteiger partial charge in [-0.15, -0.1) is 0 Å². The van der Waals surface area contributed by atoms with Crippen LogP contribution < -0.4 is 20.4 Å². The van der Waals surface area contributed by atoms with E-state index in [2.05, 4.69) is 26.6 Å². The fourth-order valence-corrected chi connectivity index (χ4v) is 5.30. The summed E-state index contributed by atoms with van der Waals surface area (Å²) in [5.74, 6) is 0.501. The number of fused-ring (bicyclic) bond motifs is 2. The lowest BCUT2D eigenvalue weighted by molar-refractivity contribution is -0.154. The highest BCUT2D eigenvalue weighted by Gasteiger charge is 2.39. The first-order valence-electron chi connectivity index (χ1n) is 12.6. The van der Waals surface area contributed by atoms with Crippen molar-refractivity contribution in [1.29, 1.82) is 0 Å². The van der Waals surface area contributed by atoms with E-state index in [0.29, 0.717) is 45.4 Å². The van der Waals surface area contributed by atoms with Gasteiger partial charge in [-0.2, -0.15) is 13.2 Å². The van der Waals surface area contributed by atoms with E-state index in [4.69, 9.17) is 4.74 Å². The normalized spacial score (nSPS) is 23.2. The highest BCUT2D eigenvalue weighted by molar-refractivity contribution is 6.00. The van der Waals surface area contributed by atoms with Crippen LogP contribution in [0.2, 0.25) is 0 Å². The van der Waals surface area contributed by atoms with Gasteiger partial charge in [0.1, 0.15) is 11.9 Å².